The molecular formula is C13H17F3N2. The van der Waals surface area contributed by atoms with Gasteiger partial charge in [-0.2, -0.15) is 13.2 Å². The maximum absolute atomic E-state index is 12.7. The Bertz CT molecular complexity index is 429. The van der Waals surface area contributed by atoms with Crippen LogP contribution in [-0.4, -0.2) is 25.0 Å². The lowest BCUT2D eigenvalue weighted by Gasteiger charge is -2.16. The normalized spacial score (nSPS) is 21.4. The Morgan fingerprint density at radius 3 is 2.67 bits per heavy atom. The van der Waals surface area contributed by atoms with E-state index >= 15 is 0 Å². The van der Waals surface area contributed by atoms with Crippen LogP contribution in [0.5, 0.6) is 0 Å². The number of nitrogen functional groups attached to an aromatic ring is 1. The number of alkyl halides is 3. The highest BCUT2D eigenvalue weighted by atomic mass is 19.4. The lowest BCUT2D eigenvalue weighted by atomic mass is 9.95. The molecule has 2 N–H and O–H groups in total. The fourth-order valence-electron chi connectivity index (χ4n) is 2.54. The summed E-state index contributed by atoms with van der Waals surface area (Å²) >= 11 is 0. The van der Waals surface area contributed by atoms with Gasteiger partial charge in [0, 0.05) is 12.2 Å². The zero-order valence-electron chi connectivity index (χ0n) is 10.3. The van der Waals surface area contributed by atoms with E-state index in [2.05, 4.69) is 4.90 Å². The summed E-state index contributed by atoms with van der Waals surface area (Å²) < 4.78 is 38.1. The van der Waals surface area contributed by atoms with Crippen LogP contribution in [-0.2, 0) is 12.6 Å². The highest BCUT2D eigenvalue weighted by Gasteiger charge is 2.33. The van der Waals surface area contributed by atoms with E-state index in [0.29, 0.717) is 17.9 Å². The summed E-state index contributed by atoms with van der Waals surface area (Å²) in [5, 5.41) is 0. The van der Waals surface area contributed by atoms with E-state index in [0.717, 1.165) is 25.6 Å². The van der Waals surface area contributed by atoms with Crippen molar-refractivity contribution in [2.75, 3.05) is 25.9 Å². The van der Waals surface area contributed by atoms with Gasteiger partial charge in [-0.3, -0.25) is 0 Å². The lowest BCUT2D eigenvalue weighted by Crippen LogP contribution is -2.16. The van der Waals surface area contributed by atoms with E-state index in [1.807, 2.05) is 7.05 Å². The third-order valence-corrected chi connectivity index (χ3v) is 3.50. The number of hydrogen-bond donors (Lipinski definition) is 1. The first-order chi connectivity index (χ1) is 8.38. The molecule has 0 aliphatic carbocycles. The Balaban J connectivity index is 2.19. The van der Waals surface area contributed by atoms with E-state index in [4.69, 9.17) is 5.73 Å². The molecule has 1 aliphatic rings. The number of rotatable bonds is 2. The molecule has 1 aromatic rings. The number of benzene rings is 1. The Morgan fingerprint density at radius 1 is 1.39 bits per heavy atom. The van der Waals surface area contributed by atoms with Crippen molar-refractivity contribution in [3.8, 4) is 0 Å². The number of anilines is 1. The Hall–Kier alpha value is -1.23. The van der Waals surface area contributed by atoms with Crippen molar-refractivity contribution in [1.29, 1.82) is 0 Å². The first-order valence-corrected chi connectivity index (χ1v) is 6.01. The summed E-state index contributed by atoms with van der Waals surface area (Å²) in [5.41, 5.74) is 5.44. The average Bonchev–Trinajstić information content (AvgIpc) is 2.65. The monoisotopic (exact) mass is 258 g/mol. The van der Waals surface area contributed by atoms with Crippen LogP contribution >= 0.6 is 0 Å². The second-order valence-electron chi connectivity index (χ2n) is 5.00. The fraction of sp³-hybridized carbons (Fsp3) is 0.538. The summed E-state index contributed by atoms with van der Waals surface area (Å²) in [6.07, 6.45) is -2.72. The SMILES string of the molecule is CN1CCC(Cc2cccc(C(F)(F)F)c2N)C1. The maximum atomic E-state index is 12.7. The van der Waals surface area contributed by atoms with Crippen molar-refractivity contribution >= 4 is 5.69 Å². The summed E-state index contributed by atoms with van der Waals surface area (Å²) in [5.74, 6) is 0.404. The molecule has 1 fully saturated rings. The van der Waals surface area contributed by atoms with Crippen LogP contribution < -0.4 is 5.73 Å². The van der Waals surface area contributed by atoms with Crippen molar-refractivity contribution < 1.29 is 13.2 Å². The minimum Gasteiger partial charge on any atom is -0.398 e. The number of para-hydroxylation sites is 1. The summed E-state index contributed by atoms with van der Waals surface area (Å²) in [4.78, 5) is 2.19. The van der Waals surface area contributed by atoms with Crippen LogP contribution in [0.3, 0.4) is 0 Å². The molecule has 1 heterocycles. The summed E-state index contributed by atoms with van der Waals surface area (Å²) in [7, 11) is 2.02. The largest absolute Gasteiger partial charge is 0.418 e. The summed E-state index contributed by atoms with van der Waals surface area (Å²) in [6.45, 7) is 1.93. The standard InChI is InChI=1S/C13H17F3N2/c1-18-6-5-9(8-18)7-10-3-2-4-11(12(10)17)13(14,15)16/h2-4,9H,5-8,17H2,1H3. The van der Waals surface area contributed by atoms with E-state index in [9.17, 15) is 13.2 Å². The highest BCUT2D eigenvalue weighted by molar-refractivity contribution is 5.55. The topological polar surface area (TPSA) is 29.3 Å². The van der Waals surface area contributed by atoms with E-state index < -0.39 is 11.7 Å². The molecule has 100 valence electrons. The number of nitrogens with two attached hydrogens (primary N) is 1. The fourth-order valence-corrected chi connectivity index (χ4v) is 2.54. The zero-order valence-corrected chi connectivity index (χ0v) is 10.3. The first-order valence-electron chi connectivity index (χ1n) is 6.01. The van der Waals surface area contributed by atoms with Gasteiger partial charge in [0.05, 0.1) is 5.56 Å². The van der Waals surface area contributed by atoms with Crippen molar-refractivity contribution in [1.82, 2.24) is 4.90 Å². The Labute approximate surface area is 105 Å². The molecule has 0 radical (unpaired) electrons. The third-order valence-electron chi connectivity index (χ3n) is 3.50. The van der Waals surface area contributed by atoms with Crippen molar-refractivity contribution in [2.24, 2.45) is 5.92 Å². The van der Waals surface area contributed by atoms with Gasteiger partial charge in [-0.05, 0) is 44.0 Å². The average molecular weight is 258 g/mol. The zero-order chi connectivity index (χ0) is 13.3. The quantitative estimate of drug-likeness (QED) is 0.826. The minimum atomic E-state index is -4.37. The van der Waals surface area contributed by atoms with E-state index in [-0.39, 0.29) is 5.69 Å². The van der Waals surface area contributed by atoms with Crippen LogP contribution in [0.2, 0.25) is 0 Å². The molecule has 18 heavy (non-hydrogen) atoms. The number of halogens is 3. The molecule has 1 aromatic carbocycles. The van der Waals surface area contributed by atoms with Crippen LogP contribution in [0.25, 0.3) is 0 Å². The molecule has 0 bridgehead atoms. The van der Waals surface area contributed by atoms with Crippen LogP contribution in [0.4, 0.5) is 18.9 Å². The van der Waals surface area contributed by atoms with Gasteiger partial charge in [-0.1, -0.05) is 12.1 Å². The van der Waals surface area contributed by atoms with Crippen LogP contribution in [0, 0.1) is 5.92 Å². The van der Waals surface area contributed by atoms with Gasteiger partial charge in [0.15, 0.2) is 0 Å². The molecule has 2 rings (SSSR count). The van der Waals surface area contributed by atoms with Gasteiger partial charge in [-0.15, -0.1) is 0 Å². The molecule has 1 unspecified atom stereocenters. The Morgan fingerprint density at radius 2 is 2.11 bits per heavy atom. The summed E-state index contributed by atoms with van der Waals surface area (Å²) in [6, 6.07) is 4.18. The van der Waals surface area contributed by atoms with Gasteiger partial charge in [-0.25, -0.2) is 0 Å². The van der Waals surface area contributed by atoms with Gasteiger partial charge >= 0.3 is 6.18 Å². The first kappa shape index (κ1) is 13.2. The second-order valence-corrected chi connectivity index (χ2v) is 5.00. The maximum Gasteiger partial charge on any atom is 0.418 e. The predicted molar refractivity (Wildman–Crippen MR) is 65.2 cm³/mol. The molecule has 5 heteroatoms. The van der Waals surface area contributed by atoms with E-state index in [1.54, 1.807) is 6.07 Å². The second kappa shape index (κ2) is 4.80. The number of nitrogens with zero attached hydrogens (tertiary/aromatic N) is 1. The van der Waals surface area contributed by atoms with Gasteiger partial charge in [0.2, 0.25) is 0 Å². The molecule has 1 atom stereocenters. The van der Waals surface area contributed by atoms with Gasteiger partial charge < -0.3 is 10.6 Å². The molecule has 2 nitrogen and oxygen atoms in total. The molecule has 0 saturated carbocycles. The molecule has 0 aromatic heterocycles. The highest BCUT2D eigenvalue weighted by Crippen LogP contribution is 2.36. The number of hydrogen-bond acceptors (Lipinski definition) is 2. The lowest BCUT2D eigenvalue weighted by molar-refractivity contribution is -0.136. The van der Waals surface area contributed by atoms with E-state index in [1.165, 1.54) is 6.07 Å². The van der Waals surface area contributed by atoms with Crippen molar-refractivity contribution in [3.05, 3.63) is 29.3 Å². The molecular weight excluding hydrogens is 241 g/mol. The Kier molecular flexibility index (Phi) is 3.52. The van der Waals surface area contributed by atoms with Crippen LogP contribution in [0.15, 0.2) is 18.2 Å². The van der Waals surface area contributed by atoms with Crippen LogP contribution in [0.1, 0.15) is 17.5 Å². The van der Waals surface area contributed by atoms with Gasteiger partial charge in [0.1, 0.15) is 0 Å². The minimum absolute atomic E-state index is 0.112. The molecule has 0 amide bonds. The predicted octanol–water partition coefficient (Wildman–Crippen LogP) is 2.78. The number of likely N-dealkylation sites (tertiary alicyclic amines) is 1. The molecule has 1 saturated heterocycles. The third kappa shape index (κ3) is 2.77. The van der Waals surface area contributed by atoms with Crippen molar-refractivity contribution in [3.63, 3.8) is 0 Å². The van der Waals surface area contributed by atoms with Crippen molar-refractivity contribution in [2.45, 2.75) is 19.0 Å². The molecule has 1 aliphatic heterocycles. The molecule has 0 spiro atoms. The smallest absolute Gasteiger partial charge is 0.398 e. The van der Waals surface area contributed by atoms with Gasteiger partial charge in [0.25, 0.3) is 0 Å².